The average molecular weight is 453 g/mol. The number of aromatic nitrogens is 5. The molecule has 0 atom stereocenters. The minimum absolute atomic E-state index is 0.349. The number of carboxylic acid groups (broad SMARTS) is 1. The van der Waals surface area contributed by atoms with Crippen molar-refractivity contribution >= 4 is 38.8 Å². The van der Waals surface area contributed by atoms with Gasteiger partial charge in [0.1, 0.15) is 11.5 Å². The topological polar surface area (TPSA) is 96.7 Å². The number of nitrogens with zero attached hydrogens (tertiary/aromatic N) is 4. The molecule has 0 aliphatic rings. The van der Waals surface area contributed by atoms with Gasteiger partial charge in [-0.1, -0.05) is 6.07 Å². The van der Waals surface area contributed by atoms with Crippen LogP contribution < -0.4 is 0 Å². The predicted octanol–water partition coefficient (Wildman–Crippen LogP) is 5.56. The van der Waals surface area contributed by atoms with Crippen LogP contribution in [0.2, 0.25) is 0 Å². The number of aryl methyl sites for hydroxylation is 1. The molecule has 1 aromatic carbocycles. The van der Waals surface area contributed by atoms with E-state index in [1.165, 1.54) is 6.20 Å². The number of aliphatic carboxylic acids is 1. The highest BCUT2D eigenvalue weighted by Gasteiger charge is 2.18. The van der Waals surface area contributed by atoms with Crippen LogP contribution in [-0.2, 0) is 11.8 Å². The lowest BCUT2D eigenvalue weighted by molar-refractivity contribution is -0.134. The fourth-order valence-electron chi connectivity index (χ4n) is 4.13. The Kier molecular flexibility index (Phi) is 5.25. The molecule has 0 saturated carbocycles. The molecule has 34 heavy (non-hydrogen) atoms. The van der Waals surface area contributed by atoms with E-state index < -0.39 is 5.97 Å². The summed E-state index contributed by atoms with van der Waals surface area (Å²) in [6.07, 6.45) is 8.54. The highest BCUT2D eigenvalue weighted by molar-refractivity contribution is 6.14. The van der Waals surface area contributed by atoms with E-state index in [1.807, 2.05) is 55.7 Å². The van der Waals surface area contributed by atoms with Crippen molar-refractivity contribution in [3.63, 3.8) is 0 Å². The van der Waals surface area contributed by atoms with E-state index >= 15 is 4.39 Å². The third-order valence-corrected chi connectivity index (χ3v) is 5.59. The first-order chi connectivity index (χ1) is 16.4. The summed E-state index contributed by atoms with van der Waals surface area (Å²) in [6, 6.07) is 13.8. The third kappa shape index (κ3) is 3.75. The molecule has 5 aromatic heterocycles. The summed E-state index contributed by atoms with van der Waals surface area (Å²) in [5.74, 6) is -1.18. The van der Waals surface area contributed by atoms with Crippen LogP contribution in [-0.4, -0.2) is 35.6 Å². The monoisotopic (exact) mass is 453 g/mol. The second-order valence-corrected chi connectivity index (χ2v) is 7.91. The molecule has 168 valence electrons. The van der Waals surface area contributed by atoms with Gasteiger partial charge in [-0.25, -0.2) is 9.37 Å². The maximum atomic E-state index is 15.1. The van der Waals surface area contributed by atoms with Crippen LogP contribution in [0.4, 0.5) is 4.39 Å². The number of halogens is 1. The van der Waals surface area contributed by atoms with E-state index in [4.69, 9.17) is 9.90 Å². The van der Waals surface area contributed by atoms with Crippen molar-refractivity contribution in [3.8, 4) is 22.4 Å². The summed E-state index contributed by atoms with van der Waals surface area (Å²) in [7, 11) is 2.00. The van der Waals surface area contributed by atoms with Crippen LogP contribution >= 0.6 is 0 Å². The largest absolute Gasteiger partial charge is 0.481 e. The Morgan fingerprint density at radius 2 is 1.88 bits per heavy atom. The summed E-state index contributed by atoms with van der Waals surface area (Å²) < 4.78 is 17.2. The van der Waals surface area contributed by atoms with Gasteiger partial charge in [-0.05, 0) is 42.0 Å². The number of carbonyl (C=O) groups is 1. The van der Waals surface area contributed by atoms with Crippen LogP contribution in [0.3, 0.4) is 0 Å². The molecule has 0 saturated heterocycles. The molecule has 0 amide bonds. The van der Waals surface area contributed by atoms with E-state index in [0.29, 0.717) is 11.2 Å². The summed E-state index contributed by atoms with van der Waals surface area (Å²) in [4.78, 5) is 25.3. The van der Waals surface area contributed by atoms with Crippen molar-refractivity contribution in [2.24, 2.45) is 7.05 Å². The number of benzene rings is 1. The van der Waals surface area contributed by atoms with Gasteiger partial charge in [-0.3, -0.25) is 14.8 Å². The van der Waals surface area contributed by atoms with Crippen molar-refractivity contribution in [1.82, 2.24) is 24.5 Å². The zero-order valence-corrected chi connectivity index (χ0v) is 18.5. The Labute approximate surface area is 193 Å². The molecule has 6 aromatic rings. The van der Waals surface area contributed by atoms with Crippen LogP contribution in [0.5, 0.6) is 0 Å². The Morgan fingerprint density at radius 3 is 2.65 bits per heavy atom. The zero-order chi connectivity index (χ0) is 23.8. The number of fused-ring (bicyclic) bond motifs is 4. The molecular weight excluding hydrogens is 433 g/mol. The lowest BCUT2D eigenvalue weighted by Gasteiger charge is -2.07. The quantitative estimate of drug-likeness (QED) is 0.358. The van der Waals surface area contributed by atoms with Crippen LogP contribution in [0.25, 0.3) is 55.2 Å². The molecule has 0 aliphatic carbocycles. The second-order valence-electron chi connectivity index (χ2n) is 7.91. The van der Waals surface area contributed by atoms with Crippen LogP contribution in [0.1, 0.15) is 6.92 Å². The average Bonchev–Trinajstić information content (AvgIpc) is 3.39. The predicted molar refractivity (Wildman–Crippen MR) is 130 cm³/mol. The molecule has 0 unspecified atom stereocenters. The molecule has 0 aliphatic heterocycles. The van der Waals surface area contributed by atoms with Gasteiger partial charge in [-0.15, -0.1) is 0 Å². The van der Waals surface area contributed by atoms with Crippen LogP contribution in [0.15, 0.2) is 73.4 Å². The molecule has 0 fully saturated rings. The van der Waals surface area contributed by atoms with E-state index in [2.05, 4.69) is 24.5 Å². The molecule has 0 bridgehead atoms. The Morgan fingerprint density at radius 1 is 1.06 bits per heavy atom. The summed E-state index contributed by atoms with van der Waals surface area (Å²) in [5, 5.41) is 10.1. The van der Waals surface area contributed by atoms with E-state index in [1.54, 1.807) is 18.6 Å². The SMILES string of the molecule is CC(=O)O.Cn1ccc2cc(-c3c(F)cnc4[nH]c5cnc(-c6cccnc6)cc5c34)ccc21. The first-order valence-electron chi connectivity index (χ1n) is 10.5. The van der Waals surface area contributed by atoms with E-state index in [9.17, 15) is 0 Å². The van der Waals surface area contributed by atoms with Gasteiger partial charge in [0.15, 0.2) is 0 Å². The lowest BCUT2D eigenvalue weighted by atomic mass is 9.99. The number of hydrogen-bond acceptors (Lipinski definition) is 4. The van der Waals surface area contributed by atoms with Crippen molar-refractivity contribution in [1.29, 1.82) is 0 Å². The molecule has 8 heteroatoms. The van der Waals surface area contributed by atoms with Gasteiger partial charge in [0, 0.05) is 65.4 Å². The molecular formula is C26H20FN5O2. The van der Waals surface area contributed by atoms with Gasteiger partial charge in [-0.2, -0.15) is 0 Å². The van der Waals surface area contributed by atoms with Gasteiger partial charge >= 0.3 is 0 Å². The normalized spacial score (nSPS) is 11.0. The maximum absolute atomic E-state index is 15.1. The van der Waals surface area contributed by atoms with Crippen molar-refractivity contribution in [2.45, 2.75) is 6.92 Å². The molecule has 0 radical (unpaired) electrons. The smallest absolute Gasteiger partial charge is 0.300 e. The van der Waals surface area contributed by atoms with Gasteiger partial charge in [0.25, 0.3) is 5.97 Å². The third-order valence-electron chi connectivity index (χ3n) is 5.59. The number of hydrogen-bond donors (Lipinski definition) is 2. The summed E-state index contributed by atoms with van der Waals surface area (Å²) in [6.45, 7) is 1.08. The van der Waals surface area contributed by atoms with Crippen LogP contribution in [0, 0.1) is 5.82 Å². The minimum atomic E-state index is -0.833. The van der Waals surface area contributed by atoms with Gasteiger partial charge in [0.05, 0.1) is 23.6 Å². The van der Waals surface area contributed by atoms with E-state index in [-0.39, 0.29) is 5.82 Å². The van der Waals surface area contributed by atoms with Gasteiger partial charge in [0.2, 0.25) is 0 Å². The lowest BCUT2D eigenvalue weighted by Crippen LogP contribution is -1.90. The number of carboxylic acids is 1. The van der Waals surface area contributed by atoms with Crippen molar-refractivity contribution < 1.29 is 14.3 Å². The van der Waals surface area contributed by atoms with Gasteiger partial charge < -0.3 is 14.7 Å². The Bertz CT molecular complexity index is 1670. The second kappa shape index (κ2) is 8.40. The number of rotatable bonds is 2. The molecule has 0 spiro atoms. The van der Waals surface area contributed by atoms with Crippen molar-refractivity contribution in [3.05, 3.63) is 79.3 Å². The van der Waals surface area contributed by atoms with E-state index in [0.717, 1.165) is 50.9 Å². The number of aromatic amines is 1. The first kappa shape index (κ1) is 21.3. The molecule has 5 heterocycles. The molecule has 2 N–H and O–H groups in total. The number of H-pyrrole nitrogens is 1. The highest BCUT2D eigenvalue weighted by Crippen LogP contribution is 2.37. The summed E-state index contributed by atoms with van der Waals surface area (Å²) >= 11 is 0. The van der Waals surface area contributed by atoms with Crippen molar-refractivity contribution in [2.75, 3.05) is 0 Å². The fourth-order valence-corrected chi connectivity index (χ4v) is 4.13. The molecule has 7 nitrogen and oxygen atoms in total. The standard InChI is InChI=1S/C24H16FN5.C2H4O2/c1-30-8-6-14-9-15(4-5-21(14)30)22-18(25)12-28-24-23(22)17-10-19(27-13-20(17)29-24)16-3-2-7-26-11-16;1-2(3)4/h2-13H,1H3,(H,28,29);1H3,(H,3,4). The maximum Gasteiger partial charge on any atom is 0.300 e. The Hall–Kier alpha value is -4.59. The number of pyridine rings is 3. The Balaban J connectivity index is 0.000000560. The zero-order valence-electron chi connectivity index (χ0n) is 18.5. The first-order valence-corrected chi connectivity index (χ1v) is 10.5. The number of nitrogens with one attached hydrogen (secondary N) is 1. The minimum Gasteiger partial charge on any atom is -0.481 e. The summed E-state index contributed by atoms with van der Waals surface area (Å²) in [5.41, 5.74) is 5.61. The highest BCUT2D eigenvalue weighted by atomic mass is 19.1. The fraction of sp³-hybridized carbons (Fsp3) is 0.0769. The molecule has 6 rings (SSSR count).